The van der Waals surface area contributed by atoms with Crippen LogP contribution in [0.3, 0.4) is 0 Å². The molecule has 3 fully saturated rings. The lowest BCUT2D eigenvalue weighted by atomic mass is 10.0. The molecule has 0 spiro atoms. The van der Waals surface area contributed by atoms with Crippen molar-refractivity contribution in [1.29, 1.82) is 0 Å². The van der Waals surface area contributed by atoms with Crippen molar-refractivity contribution in [3.05, 3.63) is 137 Å². The maximum Gasteiger partial charge on any atom is 0.410 e. The van der Waals surface area contributed by atoms with Crippen molar-refractivity contribution in [2.45, 2.75) is 122 Å². The molecule has 71 heavy (non-hydrogen) atoms. The number of amides is 1. The van der Waals surface area contributed by atoms with E-state index >= 15 is 4.39 Å². The van der Waals surface area contributed by atoms with E-state index in [1.54, 1.807) is 0 Å². The summed E-state index contributed by atoms with van der Waals surface area (Å²) in [6.45, 7) is 20.4. The second-order valence-corrected chi connectivity index (χ2v) is 32.0. The molecule has 1 aliphatic carbocycles. The summed E-state index contributed by atoms with van der Waals surface area (Å²) >= 11 is 13.5. The van der Waals surface area contributed by atoms with E-state index in [2.05, 4.69) is 148 Å². The van der Waals surface area contributed by atoms with Gasteiger partial charge in [-0.05, 0) is 77.3 Å². The van der Waals surface area contributed by atoms with Crippen molar-refractivity contribution in [3.63, 3.8) is 0 Å². The van der Waals surface area contributed by atoms with Gasteiger partial charge in [-0.1, -0.05) is 186 Å². The number of carbonyl (C=O) groups excluding carboxylic acids is 1. The fourth-order valence-corrected chi connectivity index (χ4v) is 20.9. The maximum atomic E-state index is 16.6. The second-order valence-electron chi connectivity index (χ2n) is 22.7. The van der Waals surface area contributed by atoms with E-state index in [1.165, 1.54) is 10.4 Å². The van der Waals surface area contributed by atoms with Crippen LogP contribution in [-0.4, -0.2) is 92.7 Å². The Labute approximate surface area is 430 Å². The molecule has 0 radical (unpaired) electrons. The first kappa shape index (κ1) is 51.0. The van der Waals surface area contributed by atoms with Gasteiger partial charge in [-0.2, -0.15) is 9.97 Å². The van der Waals surface area contributed by atoms with Crippen molar-refractivity contribution in [1.82, 2.24) is 19.9 Å². The molecule has 2 saturated heterocycles. The largest absolute Gasteiger partial charge is 0.463 e. The summed E-state index contributed by atoms with van der Waals surface area (Å²) in [6.07, 6.45) is 2.76. The summed E-state index contributed by atoms with van der Waals surface area (Å²) in [5, 5.41) is 3.85. The first-order valence-corrected chi connectivity index (χ1v) is 29.4. The topological polar surface area (TPSA) is 99.1 Å². The highest BCUT2D eigenvalue weighted by Gasteiger charge is 2.56. The Morgan fingerprint density at radius 2 is 1.17 bits per heavy atom. The van der Waals surface area contributed by atoms with Gasteiger partial charge >= 0.3 is 12.1 Å². The minimum Gasteiger partial charge on any atom is -0.463 e. The fraction of sp³-hybridized carbons (Fsp3) is 0.429. The van der Waals surface area contributed by atoms with Crippen LogP contribution in [0, 0.1) is 11.2 Å². The normalized spacial score (nSPS) is 19.2. The maximum absolute atomic E-state index is 16.6. The molecule has 2 aliphatic heterocycles. The summed E-state index contributed by atoms with van der Waals surface area (Å²) in [4.78, 5) is 32.4. The second kappa shape index (κ2) is 19.5. The Morgan fingerprint density at radius 1 is 0.676 bits per heavy atom. The summed E-state index contributed by atoms with van der Waals surface area (Å²) in [5.74, 6) is -0.491. The van der Waals surface area contributed by atoms with Crippen molar-refractivity contribution >= 4 is 83.4 Å². The highest BCUT2D eigenvalue weighted by Crippen LogP contribution is 2.49. The first-order valence-electron chi connectivity index (χ1n) is 24.8. The number of piperazine rings is 1. The number of rotatable bonds is 14. The summed E-state index contributed by atoms with van der Waals surface area (Å²) in [5.41, 5.74) is -1.15. The van der Waals surface area contributed by atoms with E-state index in [-0.39, 0.29) is 68.9 Å². The van der Waals surface area contributed by atoms with Crippen LogP contribution < -0.4 is 30.4 Å². The Kier molecular flexibility index (Phi) is 14.0. The molecule has 4 heterocycles. The van der Waals surface area contributed by atoms with Crippen LogP contribution in [0.1, 0.15) is 88.0 Å². The predicted octanol–water partition coefficient (Wildman–Crippen LogP) is 10.7. The quantitative estimate of drug-likeness (QED) is 0.0780. The number of carbonyl (C=O) groups is 1. The number of hydrogen-bond acceptors (Lipinski definition) is 9. The van der Waals surface area contributed by atoms with Gasteiger partial charge < -0.3 is 23.2 Å². The number of benzene rings is 4. The van der Waals surface area contributed by atoms with E-state index in [1.807, 2.05) is 49.9 Å². The first-order chi connectivity index (χ1) is 33.7. The minimum absolute atomic E-state index is 0.0185. The molecule has 15 heteroatoms. The molecular formula is C56H66Cl2FN5O5Si2. The van der Waals surface area contributed by atoms with Gasteiger partial charge in [0.05, 0.1) is 36.7 Å². The number of hydrogen-bond donors (Lipinski definition) is 0. The van der Waals surface area contributed by atoms with Crippen LogP contribution in [0.25, 0.3) is 10.9 Å². The number of aromatic nitrogens is 3. The van der Waals surface area contributed by atoms with Gasteiger partial charge in [0.25, 0.3) is 16.6 Å². The lowest BCUT2D eigenvalue weighted by Gasteiger charge is -2.50. The minimum atomic E-state index is -3.12. The molecule has 9 rings (SSSR count). The van der Waals surface area contributed by atoms with Crippen LogP contribution in [-0.2, 0) is 13.6 Å². The van der Waals surface area contributed by atoms with Crippen molar-refractivity contribution in [2.24, 2.45) is 5.41 Å². The number of fused-ring (bicyclic) bond motifs is 3. The Hall–Kier alpha value is -4.90. The van der Waals surface area contributed by atoms with E-state index in [9.17, 15) is 4.79 Å². The smallest absolute Gasteiger partial charge is 0.410 e. The molecule has 10 nitrogen and oxygen atoms in total. The summed E-state index contributed by atoms with van der Waals surface area (Å²) < 4.78 is 44.4. The lowest BCUT2D eigenvalue weighted by molar-refractivity contribution is 0.00497. The number of ether oxygens (including phenoxy) is 2. The van der Waals surface area contributed by atoms with Gasteiger partial charge in [0.2, 0.25) is 0 Å². The third-order valence-corrected chi connectivity index (χ3v) is 25.2. The average molecular weight is 1040 g/mol. The molecule has 4 aromatic carbocycles. The standard InChI is InChI=1S/C56H66Cl2FN5O5Si2/c1-53(2,3)69-52(65)64-38-30-31-43(64)44(35-67-70(54(4,5)6,39-22-14-10-15-23-39)40-24-16-11-17-25-40)63(34-38)50-45-47(46(59)49(58)61-48(45)57)60-51(62-50)66-36-56(32-33-56)37-68-71(55(7,8)9,41-26-18-12-19-27-41)42-28-20-13-21-29-42/h10-29,38,43-44H,30-37H2,1-9H3/t38-,43+,44-/m1/s1. The van der Waals surface area contributed by atoms with Gasteiger partial charge in [0.1, 0.15) is 22.1 Å². The van der Waals surface area contributed by atoms with E-state index in [4.69, 9.17) is 51.5 Å². The zero-order chi connectivity index (χ0) is 50.6. The number of anilines is 1. The molecule has 0 unspecified atom stereocenters. The molecule has 3 atom stereocenters. The molecule has 374 valence electrons. The molecule has 1 amide bonds. The van der Waals surface area contributed by atoms with Gasteiger partial charge in [-0.15, -0.1) is 0 Å². The van der Waals surface area contributed by atoms with Gasteiger partial charge in [-0.3, -0.25) is 4.90 Å². The van der Waals surface area contributed by atoms with Crippen molar-refractivity contribution < 1.29 is 27.5 Å². The summed E-state index contributed by atoms with van der Waals surface area (Å²) in [7, 11) is -5.98. The number of pyridine rings is 1. The van der Waals surface area contributed by atoms with Crippen molar-refractivity contribution in [2.75, 3.05) is 31.3 Å². The number of halogens is 3. The molecule has 0 N–H and O–H groups in total. The van der Waals surface area contributed by atoms with E-state index in [0.29, 0.717) is 31.8 Å². The summed E-state index contributed by atoms with van der Waals surface area (Å²) in [6, 6.07) is 41.0. The molecule has 2 bridgehead atoms. The molecular weight excluding hydrogens is 969 g/mol. The van der Waals surface area contributed by atoms with E-state index in [0.717, 1.165) is 23.2 Å². The van der Waals surface area contributed by atoms with Crippen LogP contribution in [0.5, 0.6) is 6.01 Å². The Bertz CT molecular complexity index is 2770. The number of nitrogens with zero attached hydrogens (tertiary/aromatic N) is 5. The monoisotopic (exact) mass is 1030 g/mol. The van der Waals surface area contributed by atoms with E-state index < -0.39 is 39.2 Å². The third-order valence-electron chi connectivity index (χ3n) is 14.7. The molecule has 3 aliphatic rings. The highest BCUT2D eigenvalue weighted by molar-refractivity contribution is 7.00. The lowest BCUT2D eigenvalue weighted by Crippen LogP contribution is -2.69. The van der Waals surface area contributed by atoms with Gasteiger partial charge in [-0.25, -0.2) is 14.2 Å². The highest BCUT2D eigenvalue weighted by atomic mass is 35.5. The average Bonchev–Trinajstić information content (AvgIpc) is 4.03. The van der Waals surface area contributed by atoms with Crippen LogP contribution in [0.2, 0.25) is 20.4 Å². The van der Waals surface area contributed by atoms with Gasteiger partial charge in [0, 0.05) is 18.6 Å². The third kappa shape index (κ3) is 9.75. The zero-order valence-electron chi connectivity index (χ0n) is 42.3. The Morgan fingerprint density at radius 3 is 1.63 bits per heavy atom. The molecule has 1 saturated carbocycles. The SMILES string of the molecule is CC(C)(C)OC(=O)N1[C@@H]2CC[C@H]1[C@@H](CO[Si](c1ccccc1)(c1ccccc1)C(C)(C)C)N(c1nc(OCC3(CO[Si](c4ccccc4)(c4ccccc4)C(C)(C)C)CC3)nc3c(F)c(Cl)nc(Cl)c13)C2. The van der Waals surface area contributed by atoms with Crippen LogP contribution >= 0.6 is 23.2 Å². The van der Waals surface area contributed by atoms with Gasteiger partial charge in [0.15, 0.2) is 11.0 Å². The van der Waals surface area contributed by atoms with Crippen LogP contribution in [0.4, 0.5) is 15.0 Å². The van der Waals surface area contributed by atoms with Crippen molar-refractivity contribution in [3.8, 4) is 6.01 Å². The predicted molar refractivity (Wildman–Crippen MR) is 288 cm³/mol. The fourth-order valence-electron chi connectivity index (χ4n) is 11.1. The zero-order valence-corrected chi connectivity index (χ0v) is 45.9. The van der Waals surface area contributed by atoms with Crippen LogP contribution in [0.15, 0.2) is 121 Å². The Balaban J connectivity index is 1.11. The molecule has 2 aromatic heterocycles. The molecule has 6 aromatic rings.